The summed E-state index contributed by atoms with van der Waals surface area (Å²) in [4.78, 5) is 14.3. The summed E-state index contributed by atoms with van der Waals surface area (Å²) in [5.41, 5.74) is 5.68. The largest absolute Gasteiger partial charge is 0.467 e. The van der Waals surface area contributed by atoms with E-state index in [2.05, 4.69) is 10.2 Å². The van der Waals surface area contributed by atoms with Crippen LogP contribution >= 0.6 is 0 Å². The Hall–Kier alpha value is -1.33. The highest BCUT2D eigenvalue weighted by Gasteiger charge is 2.25. The Kier molecular flexibility index (Phi) is 4.99. The monoisotopic (exact) mass is 265 g/mol. The van der Waals surface area contributed by atoms with Crippen molar-refractivity contribution in [2.24, 2.45) is 11.7 Å². The SMILES string of the molecule is CC(C(=O)NCc1ccco1)N1CCC(CN)CC1. The molecule has 1 aromatic heterocycles. The van der Waals surface area contributed by atoms with Crippen molar-refractivity contribution in [3.63, 3.8) is 0 Å². The summed E-state index contributed by atoms with van der Waals surface area (Å²) in [5, 5.41) is 2.91. The number of rotatable bonds is 5. The van der Waals surface area contributed by atoms with Gasteiger partial charge in [-0.2, -0.15) is 0 Å². The van der Waals surface area contributed by atoms with Crippen LogP contribution in [-0.4, -0.2) is 36.5 Å². The molecule has 0 aliphatic carbocycles. The first kappa shape index (κ1) is 14.1. The van der Waals surface area contributed by atoms with E-state index < -0.39 is 0 Å². The number of hydrogen-bond donors (Lipinski definition) is 2. The van der Waals surface area contributed by atoms with Crippen LogP contribution < -0.4 is 11.1 Å². The highest BCUT2D eigenvalue weighted by atomic mass is 16.3. The lowest BCUT2D eigenvalue weighted by molar-refractivity contribution is -0.126. The average Bonchev–Trinajstić information content (AvgIpc) is 2.97. The maximum atomic E-state index is 12.1. The minimum atomic E-state index is -0.0892. The van der Waals surface area contributed by atoms with Crippen molar-refractivity contribution < 1.29 is 9.21 Å². The van der Waals surface area contributed by atoms with Crippen LogP contribution in [-0.2, 0) is 11.3 Å². The van der Waals surface area contributed by atoms with Crippen molar-refractivity contribution in [2.45, 2.75) is 32.4 Å². The molecule has 1 amide bonds. The topological polar surface area (TPSA) is 71.5 Å². The normalized spacial score (nSPS) is 19.3. The number of likely N-dealkylation sites (tertiary alicyclic amines) is 1. The summed E-state index contributed by atoms with van der Waals surface area (Å²) >= 11 is 0. The van der Waals surface area contributed by atoms with Crippen molar-refractivity contribution in [3.8, 4) is 0 Å². The molecule has 0 saturated carbocycles. The number of nitrogens with zero attached hydrogens (tertiary/aromatic N) is 1. The maximum Gasteiger partial charge on any atom is 0.237 e. The molecule has 1 fully saturated rings. The van der Waals surface area contributed by atoms with Gasteiger partial charge in [-0.1, -0.05) is 0 Å². The molecular formula is C14H23N3O2. The summed E-state index contributed by atoms with van der Waals surface area (Å²) in [6, 6.07) is 3.59. The molecular weight excluding hydrogens is 242 g/mol. The van der Waals surface area contributed by atoms with Gasteiger partial charge in [-0.3, -0.25) is 9.69 Å². The summed E-state index contributed by atoms with van der Waals surface area (Å²) in [5.74, 6) is 1.46. The van der Waals surface area contributed by atoms with Gasteiger partial charge in [0.2, 0.25) is 5.91 Å². The second-order valence-electron chi connectivity index (χ2n) is 5.19. The molecule has 0 bridgehead atoms. The predicted octanol–water partition coefficient (Wildman–Crippen LogP) is 0.955. The van der Waals surface area contributed by atoms with E-state index in [9.17, 15) is 4.79 Å². The van der Waals surface area contributed by atoms with Crippen molar-refractivity contribution in [1.82, 2.24) is 10.2 Å². The summed E-state index contributed by atoms with van der Waals surface area (Å²) < 4.78 is 5.20. The Morgan fingerprint density at radius 2 is 2.32 bits per heavy atom. The number of nitrogens with one attached hydrogen (secondary N) is 1. The van der Waals surface area contributed by atoms with E-state index in [1.807, 2.05) is 19.1 Å². The molecule has 2 rings (SSSR count). The lowest BCUT2D eigenvalue weighted by Gasteiger charge is -2.34. The lowest BCUT2D eigenvalue weighted by Crippen LogP contribution is -2.48. The third-order valence-electron chi connectivity index (χ3n) is 3.93. The van der Waals surface area contributed by atoms with Gasteiger partial charge in [0.25, 0.3) is 0 Å². The molecule has 0 aromatic carbocycles. The fourth-order valence-electron chi connectivity index (χ4n) is 2.48. The Balaban J connectivity index is 1.76. The Bertz CT molecular complexity index is 383. The Morgan fingerprint density at radius 3 is 2.89 bits per heavy atom. The average molecular weight is 265 g/mol. The molecule has 106 valence electrons. The van der Waals surface area contributed by atoms with Crippen molar-refractivity contribution in [1.29, 1.82) is 0 Å². The van der Waals surface area contributed by atoms with Crippen LogP contribution in [0.5, 0.6) is 0 Å². The number of nitrogens with two attached hydrogens (primary N) is 1. The van der Waals surface area contributed by atoms with E-state index in [0.29, 0.717) is 12.5 Å². The van der Waals surface area contributed by atoms with E-state index >= 15 is 0 Å². The van der Waals surface area contributed by atoms with Gasteiger partial charge < -0.3 is 15.5 Å². The van der Waals surface area contributed by atoms with Gasteiger partial charge in [-0.05, 0) is 57.5 Å². The summed E-state index contributed by atoms with van der Waals surface area (Å²) in [7, 11) is 0. The molecule has 1 saturated heterocycles. The van der Waals surface area contributed by atoms with Crippen LogP contribution in [0.4, 0.5) is 0 Å². The van der Waals surface area contributed by atoms with Crippen LogP contribution in [0.2, 0.25) is 0 Å². The number of amides is 1. The third-order valence-corrected chi connectivity index (χ3v) is 3.93. The minimum Gasteiger partial charge on any atom is -0.467 e. The standard InChI is InChI=1S/C14H23N3O2/c1-11(17-6-4-12(9-15)5-7-17)14(18)16-10-13-3-2-8-19-13/h2-3,8,11-12H,4-7,9-10,15H2,1H3,(H,16,18). The van der Waals surface area contributed by atoms with Crippen LogP contribution in [0.15, 0.2) is 22.8 Å². The molecule has 5 nitrogen and oxygen atoms in total. The lowest BCUT2D eigenvalue weighted by atomic mass is 9.96. The van der Waals surface area contributed by atoms with Gasteiger partial charge in [0.15, 0.2) is 0 Å². The summed E-state index contributed by atoms with van der Waals surface area (Å²) in [6.45, 7) is 5.08. The van der Waals surface area contributed by atoms with Crippen LogP contribution in [0.25, 0.3) is 0 Å². The Morgan fingerprint density at radius 1 is 1.58 bits per heavy atom. The van der Waals surface area contributed by atoms with Crippen LogP contribution in [0, 0.1) is 5.92 Å². The maximum absolute atomic E-state index is 12.1. The number of piperidine rings is 1. The van der Waals surface area contributed by atoms with Crippen LogP contribution in [0.1, 0.15) is 25.5 Å². The molecule has 5 heteroatoms. The fourth-order valence-corrected chi connectivity index (χ4v) is 2.48. The van der Waals surface area contributed by atoms with Gasteiger partial charge in [0.1, 0.15) is 5.76 Å². The number of hydrogen-bond acceptors (Lipinski definition) is 4. The second-order valence-corrected chi connectivity index (χ2v) is 5.19. The minimum absolute atomic E-state index is 0.0580. The first-order valence-corrected chi connectivity index (χ1v) is 6.95. The van der Waals surface area contributed by atoms with Crippen molar-refractivity contribution in [2.75, 3.05) is 19.6 Å². The third kappa shape index (κ3) is 3.81. The zero-order valence-electron chi connectivity index (χ0n) is 11.5. The van der Waals surface area contributed by atoms with E-state index in [4.69, 9.17) is 10.2 Å². The van der Waals surface area contributed by atoms with Gasteiger partial charge in [0, 0.05) is 0 Å². The molecule has 2 heterocycles. The highest BCUT2D eigenvalue weighted by Crippen LogP contribution is 2.17. The molecule has 3 N–H and O–H groups in total. The first-order chi connectivity index (χ1) is 9.20. The molecule has 0 radical (unpaired) electrons. The highest BCUT2D eigenvalue weighted by molar-refractivity contribution is 5.81. The molecule has 0 spiro atoms. The van der Waals surface area contributed by atoms with E-state index in [-0.39, 0.29) is 11.9 Å². The molecule has 1 aromatic rings. The molecule has 19 heavy (non-hydrogen) atoms. The van der Waals surface area contributed by atoms with Gasteiger partial charge in [-0.25, -0.2) is 0 Å². The molecule has 1 aliphatic rings. The molecule has 1 aliphatic heterocycles. The van der Waals surface area contributed by atoms with E-state index in [1.54, 1.807) is 6.26 Å². The smallest absolute Gasteiger partial charge is 0.237 e. The summed E-state index contributed by atoms with van der Waals surface area (Å²) in [6.07, 6.45) is 3.79. The quantitative estimate of drug-likeness (QED) is 0.831. The van der Waals surface area contributed by atoms with Crippen LogP contribution in [0.3, 0.4) is 0 Å². The van der Waals surface area contributed by atoms with E-state index in [0.717, 1.165) is 38.2 Å². The number of furan rings is 1. The zero-order valence-corrected chi connectivity index (χ0v) is 11.5. The van der Waals surface area contributed by atoms with Gasteiger partial charge >= 0.3 is 0 Å². The number of carbonyl (C=O) groups is 1. The van der Waals surface area contributed by atoms with Crippen molar-refractivity contribution >= 4 is 5.91 Å². The predicted molar refractivity (Wildman–Crippen MR) is 73.4 cm³/mol. The number of carbonyl (C=O) groups excluding carboxylic acids is 1. The van der Waals surface area contributed by atoms with Gasteiger partial charge in [-0.15, -0.1) is 0 Å². The molecule has 1 atom stereocenters. The first-order valence-electron chi connectivity index (χ1n) is 6.95. The van der Waals surface area contributed by atoms with Crippen molar-refractivity contribution in [3.05, 3.63) is 24.2 Å². The Labute approximate surface area is 114 Å². The zero-order chi connectivity index (χ0) is 13.7. The molecule has 1 unspecified atom stereocenters. The fraction of sp³-hybridized carbons (Fsp3) is 0.643. The second kappa shape index (κ2) is 6.73. The van der Waals surface area contributed by atoms with E-state index in [1.165, 1.54) is 0 Å². The van der Waals surface area contributed by atoms with Gasteiger partial charge in [0.05, 0.1) is 18.8 Å².